The van der Waals surface area contributed by atoms with E-state index >= 15 is 0 Å². The summed E-state index contributed by atoms with van der Waals surface area (Å²) in [5, 5.41) is 33.5. The molecule has 1 aromatic heterocycles. The first-order chi connectivity index (χ1) is 9.31. The highest BCUT2D eigenvalue weighted by Crippen LogP contribution is 2.38. The van der Waals surface area contributed by atoms with E-state index in [0.717, 1.165) is 6.20 Å². The Bertz CT molecular complexity index is 610. The highest BCUT2D eigenvalue weighted by Gasteiger charge is 2.57. The summed E-state index contributed by atoms with van der Waals surface area (Å²) in [6.45, 7) is 1.35. The van der Waals surface area contributed by atoms with Crippen molar-refractivity contribution in [3.63, 3.8) is 0 Å². The zero-order valence-corrected chi connectivity index (χ0v) is 10.5. The molecule has 0 amide bonds. The van der Waals surface area contributed by atoms with Crippen LogP contribution in [0.3, 0.4) is 0 Å². The van der Waals surface area contributed by atoms with Gasteiger partial charge in [-0.25, -0.2) is 4.79 Å². The fourth-order valence-corrected chi connectivity index (χ4v) is 2.02. The van der Waals surface area contributed by atoms with Gasteiger partial charge < -0.3 is 25.8 Å². The maximum absolute atomic E-state index is 11.7. The Morgan fingerprint density at radius 1 is 1.70 bits per heavy atom. The molecule has 1 aliphatic heterocycles. The van der Waals surface area contributed by atoms with E-state index in [4.69, 9.17) is 16.9 Å². The number of anilines is 1. The number of terminal acetylenes is 1. The average molecular weight is 282 g/mol. The van der Waals surface area contributed by atoms with E-state index in [1.807, 2.05) is 5.92 Å². The summed E-state index contributed by atoms with van der Waals surface area (Å²) in [6.07, 6.45) is 0.922. The summed E-state index contributed by atoms with van der Waals surface area (Å²) in [5.74, 6) is 1.87. The van der Waals surface area contributed by atoms with Crippen LogP contribution in [0.4, 0.5) is 5.82 Å². The van der Waals surface area contributed by atoms with Gasteiger partial charge in [0.05, 0.1) is 12.3 Å². The van der Waals surface area contributed by atoms with E-state index in [0.29, 0.717) is 4.68 Å². The number of aliphatic hydroxyl groups is 3. The number of nitrogens with zero attached hydrogens (tertiary/aromatic N) is 3. The fraction of sp³-hybridized carbons (Fsp3) is 0.545. The van der Waals surface area contributed by atoms with Crippen LogP contribution in [0, 0.1) is 12.3 Å². The van der Waals surface area contributed by atoms with Gasteiger partial charge in [0, 0.05) is 0 Å². The molecule has 2 rings (SSSR count). The van der Waals surface area contributed by atoms with Crippen molar-refractivity contribution in [3.05, 3.63) is 16.7 Å². The topological polar surface area (TPSA) is 144 Å². The lowest BCUT2D eigenvalue weighted by atomic mass is 9.93. The molecule has 1 unspecified atom stereocenters. The molecule has 9 heteroatoms. The maximum atomic E-state index is 11.7. The van der Waals surface area contributed by atoms with Gasteiger partial charge in [-0.15, -0.1) is 6.42 Å². The van der Waals surface area contributed by atoms with Gasteiger partial charge in [-0.2, -0.15) is 14.8 Å². The molecule has 9 nitrogen and oxygen atoms in total. The van der Waals surface area contributed by atoms with E-state index < -0.39 is 35.8 Å². The van der Waals surface area contributed by atoms with Gasteiger partial charge in [-0.3, -0.25) is 0 Å². The van der Waals surface area contributed by atoms with E-state index in [1.54, 1.807) is 0 Å². The molecule has 0 radical (unpaired) electrons. The highest BCUT2D eigenvalue weighted by molar-refractivity contribution is 5.22. The molecule has 1 saturated heterocycles. The van der Waals surface area contributed by atoms with E-state index in [1.165, 1.54) is 6.92 Å². The average Bonchev–Trinajstić information content (AvgIpc) is 2.64. The lowest BCUT2D eigenvalue weighted by molar-refractivity contribution is -0.0945. The van der Waals surface area contributed by atoms with E-state index in [2.05, 4.69) is 10.1 Å². The minimum Gasteiger partial charge on any atom is -0.391 e. The molecule has 1 aliphatic rings. The molecule has 0 aliphatic carbocycles. The lowest BCUT2D eigenvalue weighted by Crippen LogP contribution is -2.49. The van der Waals surface area contributed by atoms with Gasteiger partial charge in [-0.1, -0.05) is 5.92 Å². The minimum absolute atomic E-state index is 0.110. The number of aromatic nitrogens is 3. The smallest absolute Gasteiger partial charge is 0.368 e. The molecule has 0 saturated carbocycles. The third-order valence-corrected chi connectivity index (χ3v) is 3.09. The monoisotopic (exact) mass is 282 g/mol. The molecule has 0 aromatic carbocycles. The largest absolute Gasteiger partial charge is 0.391 e. The molecule has 20 heavy (non-hydrogen) atoms. The van der Waals surface area contributed by atoms with E-state index in [-0.39, 0.29) is 5.82 Å². The van der Waals surface area contributed by atoms with Crippen molar-refractivity contribution in [2.24, 2.45) is 0 Å². The Kier molecular flexibility index (Phi) is 3.49. The summed E-state index contributed by atoms with van der Waals surface area (Å²) < 4.78 is 5.94. The summed E-state index contributed by atoms with van der Waals surface area (Å²) in [6, 6.07) is 0. The quantitative estimate of drug-likeness (QED) is 0.426. The lowest BCUT2D eigenvalue weighted by Gasteiger charge is -2.25. The molecule has 0 bridgehead atoms. The first-order valence-corrected chi connectivity index (χ1v) is 5.74. The molecule has 0 spiro atoms. The van der Waals surface area contributed by atoms with Crippen LogP contribution in [-0.2, 0) is 4.74 Å². The number of ether oxygens (including phenoxy) is 1. The Morgan fingerprint density at radius 2 is 2.35 bits per heavy atom. The van der Waals surface area contributed by atoms with Crippen molar-refractivity contribution in [1.29, 1.82) is 0 Å². The van der Waals surface area contributed by atoms with Crippen LogP contribution in [0.25, 0.3) is 0 Å². The second kappa shape index (κ2) is 4.84. The third-order valence-electron chi connectivity index (χ3n) is 3.09. The van der Waals surface area contributed by atoms with Crippen molar-refractivity contribution < 1.29 is 20.1 Å². The standard InChI is InChI=1S/C11H14N4O5/c1-3-11(19)8(17)7(5(2)16)20-9(11)15-10(18)14-6(12)4-13-15/h1,4-5,7-9,16-17,19H,2H3,(H2,12,14,18)/t5-,7+,8-,9+,11?/m0/s1. The second-order valence-corrected chi connectivity index (χ2v) is 4.52. The Balaban J connectivity index is 2.50. The first kappa shape index (κ1) is 14.4. The zero-order chi connectivity index (χ0) is 15.1. The third kappa shape index (κ3) is 2.04. The Hall–Kier alpha value is -1.99. The van der Waals surface area contributed by atoms with Gasteiger partial charge in [0.2, 0.25) is 5.60 Å². The van der Waals surface area contributed by atoms with E-state index in [9.17, 15) is 20.1 Å². The summed E-state index contributed by atoms with van der Waals surface area (Å²) >= 11 is 0. The van der Waals surface area contributed by atoms with Gasteiger partial charge in [0.25, 0.3) is 0 Å². The number of nitrogens with two attached hydrogens (primary N) is 1. The van der Waals surface area contributed by atoms with Gasteiger partial charge in [0.1, 0.15) is 18.0 Å². The second-order valence-electron chi connectivity index (χ2n) is 4.52. The van der Waals surface area contributed by atoms with Crippen molar-refractivity contribution in [1.82, 2.24) is 14.8 Å². The van der Waals surface area contributed by atoms with Crippen LogP contribution in [0.5, 0.6) is 0 Å². The van der Waals surface area contributed by atoms with Crippen molar-refractivity contribution in [3.8, 4) is 12.3 Å². The summed E-state index contributed by atoms with van der Waals surface area (Å²) in [4.78, 5) is 15.2. The normalized spacial score (nSPS) is 34.6. The molecule has 1 fully saturated rings. The molecular formula is C11H14N4O5. The molecular weight excluding hydrogens is 268 g/mol. The molecule has 1 aromatic rings. The van der Waals surface area contributed by atoms with Gasteiger partial charge in [-0.05, 0) is 6.92 Å². The van der Waals surface area contributed by atoms with Gasteiger partial charge >= 0.3 is 5.69 Å². The molecule has 5 N–H and O–H groups in total. The fourth-order valence-electron chi connectivity index (χ4n) is 2.02. The SMILES string of the molecule is C#CC1(O)[C@@H](O)[C@@H]([C@H](C)O)O[C@H]1n1ncc(N)nc1=O. The predicted octanol–water partition coefficient (Wildman–Crippen LogP) is -2.78. The zero-order valence-electron chi connectivity index (χ0n) is 10.5. The Morgan fingerprint density at radius 3 is 2.85 bits per heavy atom. The number of nitrogen functional groups attached to an aromatic ring is 1. The number of rotatable bonds is 2. The summed E-state index contributed by atoms with van der Waals surface area (Å²) in [5.41, 5.74) is 2.18. The number of aliphatic hydroxyl groups excluding tert-OH is 2. The van der Waals surface area contributed by atoms with Crippen LogP contribution < -0.4 is 11.4 Å². The molecule has 2 heterocycles. The highest BCUT2D eigenvalue weighted by atomic mass is 16.6. The first-order valence-electron chi connectivity index (χ1n) is 5.74. The van der Waals surface area contributed by atoms with Gasteiger partial charge in [0.15, 0.2) is 6.23 Å². The van der Waals surface area contributed by atoms with Crippen molar-refractivity contribution in [2.75, 3.05) is 5.73 Å². The number of hydrogen-bond donors (Lipinski definition) is 4. The van der Waals surface area contributed by atoms with Crippen LogP contribution in [0.1, 0.15) is 13.2 Å². The summed E-state index contributed by atoms with van der Waals surface area (Å²) in [7, 11) is 0. The van der Waals surface area contributed by atoms with Crippen LogP contribution in [-0.4, -0.2) is 54.0 Å². The molecule has 108 valence electrons. The van der Waals surface area contributed by atoms with Crippen molar-refractivity contribution >= 4 is 5.82 Å². The van der Waals surface area contributed by atoms with Crippen molar-refractivity contribution in [2.45, 2.75) is 37.1 Å². The number of hydrogen-bond acceptors (Lipinski definition) is 8. The maximum Gasteiger partial charge on any atom is 0.368 e. The molecule has 5 atom stereocenters. The van der Waals surface area contributed by atoms with Crippen LogP contribution in [0.2, 0.25) is 0 Å². The minimum atomic E-state index is -2.23. The van der Waals surface area contributed by atoms with Crippen LogP contribution >= 0.6 is 0 Å². The predicted molar refractivity (Wildman–Crippen MR) is 66.1 cm³/mol. The Labute approximate surface area is 113 Å². The van der Waals surface area contributed by atoms with Crippen LogP contribution in [0.15, 0.2) is 11.0 Å².